The SMILES string of the molecule is NCC1CCC(C(=O)N(CC(=O)O)C2CCCC2)O1. The zero-order valence-corrected chi connectivity index (χ0v) is 11.1. The summed E-state index contributed by atoms with van der Waals surface area (Å²) >= 11 is 0. The lowest BCUT2D eigenvalue weighted by Gasteiger charge is -2.29. The van der Waals surface area contributed by atoms with E-state index in [0.29, 0.717) is 13.0 Å². The molecule has 1 saturated heterocycles. The standard InChI is InChI=1S/C13H22N2O4/c14-7-10-5-6-11(19-10)13(18)15(8-12(16)17)9-3-1-2-4-9/h9-11H,1-8,14H2,(H,16,17). The molecule has 1 heterocycles. The third-order valence-corrected chi connectivity index (χ3v) is 4.00. The average Bonchev–Trinajstić information content (AvgIpc) is 3.05. The molecule has 0 aromatic rings. The minimum atomic E-state index is -0.964. The van der Waals surface area contributed by atoms with Crippen molar-refractivity contribution in [3.63, 3.8) is 0 Å². The number of rotatable bonds is 5. The number of carboxylic acid groups (broad SMARTS) is 1. The molecule has 2 atom stereocenters. The van der Waals surface area contributed by atoms with E-state index in [4.69, 9.17) is 15.6 Å². The van der Waals surface area contributed by atoms with Crippen molar-refractivity contribution in [1.82, 2.24) is 4.90 Å². The fourth-order valence-corrected chi connectivity index (χ4v) is 2.99. The van der Waals surface area contributed by atoms with E-state index in [1.807, 2.05) is 0 Å². The van der Waals surface area contributed by atoms with Gasteiger partial charge >= 0.3 is 5.97 Å². The van der Waals surface area contributed by atoms with Crippen LogP contribution in [0.2, 0.25) is 0 Å². The van der Waals surface area contributed by atoms with Crippen LogP contribution in [-0.2, 0) is 14.3 Å². The highest BCUT2D eigenvalue weighted by molar-refractivity contribution is 5.85. The summed E-state index contributed by atoms with van der Waals surface area (Å²) in [6.45, 7) is 0.183. The summed E-state index contributed by atoms with van der Waals surface area (Å²) < 4.78 is 5.59. The van der Waals surface area contributed by atoms with E-state index in [1.54, 1.807) is 0 Å². The number of nitrogens with two attached hydrogens (primary N) is 1. The summed E-state index contributed by atoms with van der Waals surface area (Å²) in [5.41, 5.74) is 5.53. The summed E-state index contributed by atoms with van der Waals surface area (Å²) in [5, 5.41) is 8.98. The molecular formula is C13H22N2O4. The van der Waals surface area contributed by atoms with Gasteiger partial charge in [0.05, 0.1) is 6.10 Å². The monoisotopic (exact) mass is 270 g/mol. The van der Waals surface area contributed by atoms with Crippen LogP contribution in [-0.4, -0.2) is 53.2 Å². The van der Waals surface area contributed by atoms with Crippen LogP contribution in [0.15, 0.2) is 0 Å². The first kappa shape index (κ1) is 14.3. The zero-order chi connectivity index (χ0) is 13.8. The second-order valence-corrected chi connectivity index (χ2v) is 5.36. The number of aliphatic carboxylic acids is 1. The molecular weight excluding hydrogens is 248 g/mol. The first-order valence-electron chi connectivity index (χ1n) is 6.99. The second kappa shape index (κ2) is 6.34. The molecule has 6 nitrogen and oxygen atoms in total. The predicted molar refractivity (Wildman–Crippen MR) is 68.6 cm³/mol. The van der Waals surface area contributed by atoms with Gasteiger partial charge in [-0.3, -0.25) is 9.59 Å². The summed E-state index contributed by atoms with van der Waals surface area (Å²) in [4.78, 5) is 24.9. The van der Waals surface area contributed by atoms with Gasteiger partial charge in [-0.15, -0.1) is 0 Å². The molecule has 2 unspecified atom stereocenters. The van der Waals surface area contributed by atoms with E-state index in [2.05, 4.69) is 0 Å². The third-order valence-electron chi connectivity index (χ3n) is 4.00. The van der Waals surface area contributed by atoms with Gasteiger partial charge in [-0.1, -0.05) is 12.8 Å². The Labute approximate surface area is 112 Å². The molecule has 0 aromatic heterocycles. The number of hydrogen-bond acceptors (Lipinski definition) is 4. The third kappa shape index (κ3) is 3.45. The Bertz CT molecular complexity index is 342. The van der Waals surface area contributed by atoms with Crippen LogP contribution in [0.25, 0.3) is 0 Å². The normalized spacial score (nSPS) is 27.6. The minimum absolute atomic E-state index is 0.0594. The fraction of sp³-hybridized carbons (Fsp3) is 0.846. The lowest BCUT2D eigenvalue weighted by molar-refractivity contribution is -0.152. The molecule has 2 aliphatic rings. The maximum atomic E-state index is 12.4. The quantitative estimate of drug-likeness (QED) is 0.752. The molecule has 1 aliphatic carbocycles. The summed E-state index contributed by atoms with van der Waals surface area (Å²) in [6, 6.07) is 0.0594. The van der Waals surface area contributed by atoms with E-state index in [-0.39, 0.29) is 24.6 Å². The van der Waals surface area contributed by atoms with E-state index < -0.39 is 12.1 Å². The van der Waals surface area contributed by atoms with Crippen molar-refractivity contribution in [3.8, 4) is 0 Å². The maximum Gasteiger partial charge on any atom is 0.323 e. The Morgan fingerprint density at radius 3 is 2.42 bits per heavy atom. The molecule has 2 rings (SSSR count). The molecule has 19 heavy (non-hydrogen) atoms. The number of carboxylic acids is 1. The van der Waals surface area contributed by atoms with Crippen molar-refractivity contribution in [2.75, 3.05) is 13.1 Å². The molecule has 0 radical (unpaired) electrons. The van der Waals surface area contributed by atoms with E-state index in [9.17, 15) is 9.59 Å². The van der Waals surface area contributed by atoms with Gasteiger partial charge in [-0.2, -0.15) is 0 Å². The first-order valence-corrected chi connectivity index (χ1v) is 6.99. The molecule has 0 aromatic carbocycles. The molecule has 2 fully saturated rings. The lowest BCUT2D eigenvalue weighted by Crippen LogP contribution is -2.47. The molecule has 1 saturated carbocycles. The van der Waals surface area contributed by atoms with E-state index >= 15 is 0 Å². The van der Waals surface area contributed by atoms with Crippen LogP contribution in [0.1, 0.15) is 38.5 Å². The highest BCUT2D eigenvalue weighted by Gasteiger charge is 2.37. The highest BCUT2D eigenvalue weighted by Crippen LogP contribution is 2.27. The van der Waals surface area contributed by atoms with E-state index in [0.717, 1.165) is 32.1 Å². The number of carbonyl (C=O) groups excluding carboxylic acids is 1. The molecule has 1 aliphatic heterocycles. The number of ether oxygens (including phenoxy) is 1. The molecule has 1 amide bonds. The topological polar surface area (TPSA) is 92.9 Å². The summed E-state index contributed by atoms with van der Waals surface area (Å²) in [6.07, 6.45) is 4.76. The fourth-order valence-electron chi connectivity index (χ4n) is 2.99. The second-order valence-electron chi connectivity index (χ2n) is 5.36. The molecule has 0 bridgehead atoms. The van der Waals surface area contributed by atoms with Crippen LogP contribution in [0, 0.1) is 0 Å². The summed E-state index contributed by atoms with van der Waals surface area (Å²) in [7, 11) is 0. The number of nitrogens with zero attached hydrogens (tertiary/aromatic N) is 1. The van der Waals surface area contributed by atoms with Gasteiger partial charge in [-0.05, 0) is 25.7 Å². The Morgan fingerprint density at radius 1 is 1.21 bits per heavy atom. The molecule has 0 spiro atoms. The molecule has 108 valence electrons. The Hall–Kier alpha value is -1.14. The van der Waals surface area contributed by atoms with Crippen LogP contribution in [0.3, 0.4) is 0 Å². The van der Waals surface area contributed by atoms with Crippen molar-refractivity contribution in [2.45, 2.75) is 56.8 Å². The van der Waals surface area contributed by atoms with Crippen LogP contribution < -0.4 is 5.73 Å². The lowest BCUT2D eigenvalue weighted by atomic mass is 10.1. The van der Waals surface area contributed by atoms with Gasteiger partial charge in [-0.25, -0.2) is 0 Å². The van der Waals surface area contributed by atoms with Gasteiger partial charge in [0.2, 0.25) is 0 Å². The minimum Gasteiger partial charge on any atom is -0.480 e. The smallest absolute Gasteiger partial charge is 0.323 e. The van der Waals surface area contributed by atoms with Crippen molar-refractivity contribution in [3.05, 3.63) is 0 Å². The summed E-state index contributed by atoms with van der Waals surface area (Å²) in [5.74, 6) is -1.14. The van der Waals surface area contributed by atoms with Crippen LogP contribution in [0.4, 0.5) is 0 Å². The van der Waals surface area contributed by atoms with Gasteiger partial charge in [0.1, 0.15) is 12.6 Å². The van der Waals surface area contributed by atoms with Gasteiger partial charge in [0.15, 0.2) is 0 Å². The first-order chi connectivity index (χ1) is 9.11. The van der Waals surface area contributed by atoms with E-state index in [1.165, 1.54) is 4.90 Å². The van der Waals surface area contributed by atoms with Gasteiger partial charge in [0.25, 0.3) is 5.91 Å². The predicted octanol–water partition coefficient (Wildman–Crippen LogP) is 0.349. The number of hydrogen-bond donors (Lipinski definition) is 2. The van der Waals surface area contributed by atoms with Crippen molar-refractivity contribution in [1.29, 1.82) is 0 Å². The van der Waals surface area contributed by atoms with Crippen LogP contribution in [0.5, 0.6) is 0 Å². The Morgan fingerprint density at radius 2 is 1.89 bits per heavy atom. The Kier molecular flexibility index (Phi) is 4.76. The molecule has 3 N–H and O–H groups in total. The number of amides is 1. The zero-order valence-electron chi connectivity index (χ0n) is 11.1. The van der Waals surface area contributed by atoms with Crippen molar-refractivity contribution >= 4 is 11.9 Å². The maximum absolute atomic E-state index is 12.4. The van der Waals surface area contributed by atoms with Crippen LogP contribution >= 0.6 is 0 Å². The largest absolute Gasteiger partial charge is 0.480 e. The number of carbonyl (C=O) groups is 2. The van der Waals surface area contributed by atoms with Gasteiger partial charge < -0.3 is 20.5 Å². The Balaban J connectivity index is 2.00. The van der Waals surface area contributed by atoms with Crippen molar-refractivity contribution < 1.29 is 19.4 Å². The van der Waals surface area contributed by atoms with Crippen molar-refractivity contribution in [2.24, 2.45) is 5.73 Å². The molecule has 6 heteroatoms. The highest BCUT2D eigenvalue weighted by atomic mass is 16.5. The average molecular weight is 270 g/mol. The van der Waals surface area contributed by atoms with Gasteiger partial charge in [0, 0.05) is 12.6 Å².